The van der Waals surface area contributed by atoms with Gasteiger partial charge < -0.3 is 5.32 Å². The Morgan fingerprint density at radius 3 is 2.88 bits per heavy atom. The lowest BCUT2D eigenvalue weighted by atomic mass is 10.1. The molecule has 1 unspecified atom stereocenters. The number of rotatable bonds is 7. The highest BCUT2D eigenvalue weighted by atomic mass is 32.1. The monoisotopic (exact) mass is 238 g/mol. The van der Waals surface area contributed by atoms with E-state index in [2.05, 4.69) is 24.1 Å². The maximum Gasteiger partial charge on any atom is 0.0940 e. The van der Waals surface area contributed by atoms with Gasteiger partial charge in [0, 0.05) is 30.1 Å². The predicted molar refractivity (Wildman–Crippen MR) is 70.0 cm³/mol. The molecule has 0 spiro atoms. The van der Waals surface area contributed by atoms with Gasteiger partial charge >= 0.3 is 0 Å². The van der Waals surface area contributed by atoms with Crippen molar-refractivity contribution in [2.24, 2.45) is 5.92 Å². The van der Waals surface area contributed by atoms with Gasteiger partial charge in [-0.1, -0.05) is 13.8 Å². The molecule has 0 aromatic carbocycles. The summed E-state index contributed by atoms with van der Waals surface area (Å²) in [6.07, 6.45) is 8.37. The molecule has 0 saturated heterocycles. The van der Waals surface area contributed by atoms with Crippen LogP contribution in [-0.4, -0.2) is 17.6 Å². The van der Waals surface area contributed by atoms with Crippen molar-refractivity contribution in [3.05, 3.63) is 16.1 Å². The first-order valence-electron chi connectivity index (χ1n) is 6.50. The summed E-state index contributed by atoms with van der Waals surface area (Å²) in [6.45, 7) is 5.57. The van der Waals surface area contributed by atoms with Gasteiger partial charge in [0.05, 0.1) is 5.01 Å². The van der Waals surface area contributed by atoms with Crippen molar-refractivity contribution < 1.29 is 0 Å². The van der Waals surface area contributed by atoms with Crippen LogP contribution in [0.25, 0.3) is 0 Å². The predicted octanol–water partition coefficient (Wildman–Crippen LogP) is 3.03. The highest BCUT2D eigenvalue weighted by Crippen LogP contribution is 2.33. The van der Waals surface area contributed by atoms with Gasteiger partial charge in [0.15, 0.2) is 0 Å². The summed E-state index contributed by atoms with van der Waals surface area (Å²) in [4.78, 5) is 5.86. The number of hydrogen-bond acceptors (Lipinski definition) is 3. The standard InChI is InChI=1S/C13H22N2S/c1-3-11-9-15-13(16-11)7-8-14-12(4-2)10-5-6-10/h9-10,12,14H,3-8H2,1-2H3. The van der Waals surface area contributed by atoms with Crippen LogP contribution >= 0.6 is 11.3 Å². The minimum absolute atomic E-state index is 0.755. The van der Waals surface area contributed by atoms with Crippen LogP contribution in [0, 0.1) is 5.92 Å². The summed E-state index contributed by atoms with van der Waals surface area (Å²) in [6, 6.07) is 0.755. The van der Waals surface area contributed by atoms with E-state index in [1.165, 1.54) is 29.1 Å². The molecule has 1 aliphatic rings. The first-order valence-corrected chi connectivity index (χ1v) is 7.32. The van der Waals surface area contributed by atoms with E-state index in [-0.39, 0.29) is 0 Å². The van der Waals surface area contributed by atoms with Gasteiger partial charge in [-0.2, -0.15) is 0 Å². The molecule has 1 N–H and O–H groups in total. The number of aromatic nitrogens is 1. The lowest BCUT2D eigenvalue weighted by Gasteiger charge is -2.15. The van der Waals surface area contributed by atoms with E-state index in [9.17, 15) is 0 Å². The van der Waals surface area contributed by atoms with E-state index < -0.39 is 0 Å². The second kappa shape index (κ2) is 5.78. The Morgan fingerprint density at radius 2 is 2.31 bits per heavy atom. The minimum Gasteiger partial charge on any atom is -0.313 e. The van der Waals surface area contributed by atoms with E-state index in [4.69, 9.17) is 0 Å². The minimum atomic E-state index is 0.755. The second-order valence-corrected chi connectivity index (χ2v) is 5.83. The molecular formula is C13H22N2S. The molecule has 1 aliphatic carbocycles. The summed E-state index contributed by atoms with van der Waals surface area (Å²) >= 11 is 1.87. The Balaban J connectivity index is 1.70. The molecule has 2 nitrogen and oxygen atoms in total. The number of hydrogen-bond donors (Lipinski definition) is 1. The molecule has 0 radical (unpaired) electrons. The van der Waals surface area contributed by atoms with Gasteiger partial charge in [-0.15, -0.1) is 11.3 Å². The van der Waals surface area contributed by atoms with Gasteiger partial charge in [0.25, 0.3) is 0 Å². The lowest BCUT2D eigenvalue weighted by molar-refractivity contribution is 0.453. The third-order valence-corrected chi connectivity index (χ3v) is 4.53. The fourth-order valence-electron chi connectivity index (χ4n) is 2.13. The molecule has 16 heavy (non-hydrogen) atoms. The van der Waals surface area contributed by atoms with Crippen molar-refractivity contribution in [3.8, 4) is 0 Å². The van der Waals surface area contributed by atoms with Gasteiger partial charge in [0.1, 0.15) is 0 Å². The molecule has 1 aromatic heterocycles. The molecule has 1 atom stereocenters. The van der Waals surface area contributed by atoms with Crippen LogP contribution < -0.4 is 5.32 Å². The molecule has 1 heterocycles. The fourth-order valence-corrected chi connectivity index (χ4v) is 3.00. The Morgan fingerprint density at radius 1 is 1.50 bits per heavy atom. The van der Waals surface area contributed by atoms with Crippen molar-refractivity contribution in [2.45, 2.75) is 52.0 Å². The molecular weight excluding hydrogens is 216 g/mol. The maximum absolute atomic E-state index is 4.45. The van der Waals surface area contributed by atoms with E-state index in [0.717, 1.165) is 31.3 Å². The van der Waals surface area contributed by atoms with Crippen molar-refractivity contribution in [2.75, 3.05) is 6.54 Å². The van der Waals surface area contributed by atoms with E-state index in [1.807, 2.05) is 17.5 Å². The second-order valence-electron chi connectivity index (χ2n) is 4.63. The number of nitrogens with one attached hydrogen (secondary N) is 1. The zero-order valence-electron chi connectivity index (χ0n) is 10.3. The maximum atomic E-state index is 4.45. The van der Waals surface area contributed by atoms with Gasteiger partial charge in [-0.25, -0.2) is 4.98 Å². The van der Waals surface area contributed by atoms with Crippen molar-refractivity contribution in [1.82, 2.24) is 10.3 Å². The zero-order chi connectivity index (χ0) is 11.4. The SMILES string of the molecule is CCc1cnc(CCNC(CC)C2CC2)s1. The van der Waals surface area contributed by atoms with E-state index in [1.54, 1.807) is 0 Å². The molecule has 0 amide bonds. The third kappa shape index (κ3) is 3.29. The lowest BCUT2D eigenvalue weighted by Crippen LogP contribution is -2.32. The summed E-state index contributed by atoms with van der Waals surface area (Å²) in [5.41, 5.74) is 0. The first-order chi connectivity index (χ1) is 7.83. The summed E-state index contributed by atoms with van der Waals surface area (Å²) in [5.74, 6) is 0.965. The molecule has 2 rings (SSSR count). The highest BCUT2D eigenvalue weighted by Gasteiger charge is 2.29. The topological polar surface area (TPSA) is 24.9 Å². The molecule has 1 aromatic rings. The zero-order valence-corrected chi connectivity index (χ0v) is 11.1. The van der Waals surface area contributed by atoms with Crippen LogP contribution in [0.5, 0.6) is 0 Å². The number of nitrogens with zero attached hydrogens (tertiary/aromatic N) is 1. The smallest absolute Gasteiger partial charge is 0.0940 e. The van der Waals surface area contributed by atoms with E-state index in [0.29, 0.717) is 0 Å². The molecule has 0 aliphatic heterocycles. The van der Waals surface area contributed by atoms with Crippen LogP contribution in [0.1, 0.15) is 43.0 Å². The van der Waals surface area contributed by atoms with Gasteiger partial charge in [-0.3, -0.25) is 0 Å². The van der Waals surface area contributed by atoms with Crippen LogP contribution in [0.4, 0.5) is 0 Å². The first kappa shape index (κ1) is 12.1. The van der Waals surface area contributed by atoms with Crippen molar-refractivity contribution in [1.29, 1.82) is 0 Å². The average molecular weight is 238 g/mol. The largest absolute Gasteiger partial charge is 0.313 e. The van der Waals surface area contributed by atoms with Crippen molar-refractivity contribution in [3.63, 3.8) is 0 Å². The number of thiazole rings is 1. The Bertz CT molecular complexity index is 317. The Kier molecular flexibility index (Phi) is 4.36. The summed E-state index contributed by atoms with van der Waals surface area (Å²) in [7, 11) is 0. The fraction of sp³-hybridized carbons (Fsp3) is 0.769. The normalized spacial score (nSPS) is 17.6. The van der Waals surface area contributed by atoms with Crippen LogP contribution in [0.3, 0.4) is 0 Å². The van der Waals surface area contributed by atoms with Crippen molar-refractivity contribution >= 4 is 11.3 Å². The Labute approximate surface area is 102 Å². The molecule has 90 valence electrons. The van der Waals surface area contributed by atoms with Gasteiger partial charge in [0.2, 0.25) is 0 Å². The Hall–Kier alpha value is -0.410. The molecule has 3 heteroatoms. The molecule has 1 saturated carbocycles. The van der Waals surface area contributed by atoms with Crippen LogP contribution in [-0.2, 0) is 12.8 Å². The van der Waals surface area contributed by atoms with Gasteiger partial charge in [-0.05, 0) is 31.6 Å². The average Bonchev–Trinajstić information content (AvgIpc) is 3.04. The number of aryl methyl sites for hydroxylation is 1. The highest BCUT2D eigenvalue weighted by molar-refractivity contribution is 7.11. The van der Waals surface area contributed by atoms with Crippen LogP contribution in [0.2, 0.25) is 0 Å². The third-order valence-electron chi connectivity index (χ3n) is 3.33. The van der Waals surface area contributed by atoms with Crippen LogP contribution in [0.15, 0.2) is 6.20 Å². The van der Waals surface area contributed by atoms with E-state index >= 15 is 0 Å². The quantitative estimate of drug-likeness (QED) is 0.790. The molecule has 1 fully saturated rings. The summed E-state index contributed by atoms with van der Waals surface area (Å²) in [5, 5.41) is 4.96. The molecule has 0 bridgehead atoms. The summed E-state index contributed by atoms with van der Waals surface area (Å²) < 4.78 is 0.